The molecule has 2 aliphatic rings. The van der Waals surface area contributed by atoms with Crippen LogP contribution in [0.15, 0.2) is 12.1 Å². The lowest BCUT2D eigenvalue weighted by Gasteiger charge is -2.49. The van der Waals surface area contributed by atoms with E-state index >= 15 is 0 Å². The van der Waals surface area contributed by atoms with Gasteiger partial charge in [0.05, 0.1) is 6.54 Å². The molecule has 1 saturated carbocycles. The van der Waals surface area contributed by atoms with Gasteiger partial charge in [-0.25, -0.2) is 0 Å². The molecule has 4 nitrogen and oxygen atoms in total. The number of nitrogens with one attached hydrogen (secondary N) is 2. The van der Waals surface area contributed by atoms with Gasteiger partial charge in [0.2, 0.25) is 5.91 Å². The number of rotatable bonds is 3. The summed E-state index contributed by atoms with van der Waals surface area (Å²) in [6.07, 6.45) is 6.35. The van der Waals surface area contributed by atoms with E-state index in [1.165, 1.54) is 37.7 Å². The summed E-state index contributed by atoms with van der Waals surface area (Å²) in [5.74, 6) is 0.122. The molecule has 0 atom stereocenters. The quantitative estimate of drug-likeness (QED) is 0.860. The zero-order valence-electron chi connectivity index (χ0n) is 15.8. The van der Waals surface area contributed by atoms with Crippen molar-refractivity contribution in [2.75, 3.05) is 31.5 Å². The van der Waals surface area contributed by atoms with Gasteiger partial charge in [-0.2, -0.15) is 0 Å². The topological polar surface area (TPSA) is 44.4 Å². The molecule has 3 rings (SSSR count). The Labute approximate surface area is 158 Å². The third kappa shape index (κ3) is 4.55. The SMILES string of the molecule is Cc1cc(C)c(NC(=O)CN2CCNCC23CCCCC3)c(C)c1.Cl. The number of nitrogens with zero attached hydrogens (tertiary/aromatic N) is 1. The van der Waals surface area contributed by atoms with Gasteiger partial charge in [-0.15, -0.1) is 12.4 Å². The molecule has 1 aromatic rings. The average Bonchev–Trinajstić information content (AvgIpc) is 2.54. The van der Waals surface area contributed by atoms with E-state index in [1.807, 2.05) is 0 Å². The monoisotopic (exact) mass is 365 g/mol. The molecule has 140 valence electrons. The molecule has 2 N–H and O–H groups in total. The number of aryl methyl sites for hydroxylation is 3. The lowest BCUT2D eigenvalue weighted by molar-refractivity contribution is -0.120. The average molecular weight is 366 g/mol. The van der Waals surface area contributed by atoms with Crippen molar-refractivity contribution >= 4 is 24.0 Å². The third-order valence-corrected chi connectivity index (χ3v) is 5.74. The molecule has 0 bridgehead atoms. The minimum absolute atomic E-state index is 0. The number of hydrogen-bond donors (Lipinski definition) is 2. The van der Waals surface area contributed by atoms with E-state index in [9.17, 15) is 4.79 Å². The van der Waals surface area contributed by atoms with Crippen molar-refractivity contribution < 1.29 is 4.79 Å². The van der Waals surface area contributed by atoms with Crippen LogP contribution in [0.2, 0.25) is 0 Å². The first-order valence-electron chi connectivity index (χ1n) is 9.34. The van der Waals surface area contributed by atoms with Crippen LogP contribution < -0.4 is 10.6 Å². The largest absolute Gasteiger partial charge is 0.324 e. The second kappa shape index (κ2) is 8.52. The van der Waals surface area contributed by atoms with Crippen LogP contribution in [0.25, 0.3) is 0 Å². The molecule has 1 aromatic carbocycles. The Morgan fingerprint density at radius 2 is 1.80 bits per heavy atom. The first-order chi connectivity index (χ1) is 11.5. The fraction of sp³-hybridized carbons (Fsp3) is 0.650. The van der Waals surface area contributed by atoms with Crippen molar-refractivity contribution in [1.82, 2.24) is 10.2 Å². The number of hydrogen-bond acceptors (Lipinski definition) is 3. The van der Waals surface area contributed by atoms with E-state index in [0.29, 0.717) is 6.54 Å². The van der Waals surface area contributed by atoms with E-state index in [0.717, 1.165) is 36.4 Å². The molecule has 1 saturated heterocycles. The second-order valence-corrected chi connectivity index (χ2v) is 7.71. The predicted octanol–water partition coefficient (Wildman–Crippen LogP) is 3.58. The number of amides is 1. The summed E-state index contributed by atoms with van der Waals surface area (Å²) in [5, 5.41) is 6.72. The zero-order chi connectivity index (χ0) is 17.2. The summed E-state index contributed by atoms with van der Waals surface area (Å²) in [6.45, 7) is 9.74. The predicted molar refractivity (Wildman–Crippen MR) is 107 cm³/mol. The van der Waals surface area contributed by atoms with Gasteiger partial charge in [0, 0.05) is 30.9 Å². The Morgan fingerprint density at radius 1 is 1.16 bits per heavy atom. The van der Waals surface area contributed by atoms with Crippen molar-refractivity contribution in [3.63, 3.8) is 0 Å². The van der Waals surface area contributed by atoms with Crippen molar-refractivity contribution in [3.8, 4) is 0 Å². The molecular weight excluding hydrogens is 334 g/mol. The third-order valence-electron chi connectivity index (χ3n) is 5.74. The van der Waals surface area contributed by atoms with Crippen LogP contribution in [-0.2, 0) is 4.79 Å². The van der Waals surface area contributed by atoms with E-state index in [-0.39, 0.29) is 23.9 Å². The molecule has 2 fully saturated rings. The van der Waals surface area contributed by atoms with Gasteiger partial charge in [0.15, 0.2) is 0 Å². The normalized spacial score (nSPS) is 20.1. The molecule has 25 heavy (non-hydrogen) atoms. The molecule has 0 unspecified atom stereocenters. The van der Waals surface area contributed by atoms with Crippen LogP contribution in [-0.4, -0.2) is 42.5 Å². The Balaban J connectivity index is 0.00000225. The van der Waals surface area contributed by atoms with Crippen LogP contribution in [0.5, 0.6) is 0 Å². The number of benzene rings is 1. The summed E-state index contributed by atoms with van der Waals surface area (Å²) in [5.41, 5.74) is 4.72. The van der Waals surface area contributed by atoms with Crippen molar-refractivity contribution in [3.05, 3.63) is 28.8 Å². The Kier molecular flexibility index (Phi) is 6.89. The molecule has 0 aromatic heterocycles. The Morgan fingerprint density at radius 3 is 2.44 bits per heavy atom. The fourth-order valence-corrected chi connectivity index (χ4v) is 4.56. The van der Waals surface area contributed by atoms with Gasteiger partial charge in [0.1, 0.15) is 0 Å². The standard InChI is InChI=1S/C20H31N3O.ClH/c1-15-11-16(2)19(17(3)12-15)22-18(24)13-23-10-9-21-14-20(23)7-5-4-6-8-20;/h11-12,21H,4-10,13-14H2,1-3H3,(H,22,24);1H. The number of anilines is 1. The highest BCUT2D eigenvalue weighted by Crippen LogP contribution is 2.34. The molecule has 1 aliphatic carbocycles. The van der Waals surface area contributed by atoms with Crippen LogP contribution in [0.3, 0.4) is 0 Å². The molecule has 1 spiro atoms. The van der Waals surface area contributed by atoms with Crippen molar-refractivity contribution in [1.29, 1.82) is 0 Å². The van der Waals surface area contributed by atoms with Crippen molar-refractivity contribution in [2.24, 2.45) is 0 Å². The lowest BCUT2D eigenvalue weighted by atomic mass is 9.79. The maximum absolute atomic E-state index is 12.7. The first-order valence-corrected chi connectivity index (χ1v) is 9.34. The van der Waals surface area contributed by atoms with E-state index in [2.05, 4.69) is 48.4 Å². The molecular formula is C20H32ClN3O. The maximum Gasteiger partial charge on any atom is 0.238 e. The Bertz CT molecular complexity index is 580. The summed E-state index contributed by atoms with van der Waals surface area (Å²) < 4.78 is 0. The van der Waals surface area contributed by atoms with Gasteiger partial charge in [0.25, 0.3) is 0 Å². The smallest absolute Gasteiger partial charge is 0.238 e. The minimum Gasteiger partial charge on any atom is -0.324 e. The highest BCUT2D eigenvalue weighted by Gasteiger charge is 2.40. The number of piperazine rings is 1. The molecule has 0 radical (unpaired) electrons. The van der Waals surface area contributed by atoms with Gasteiger partial charge < -0.3 is 10.6 Å². The van der Waals surface area contributed by atoms with E-state index in [1.54, 1.807) is 0 Å². The van der Waals surface area contributed by atoms with Crippen molar-refractivity contribution in [2.45, 2.75) is 58.4 Å². The highest BCUT2D eigenvalue weighted by atomic mass is 35.5. The molecule has 1 aliphatic heterocycles. The summed E-state index contributed by atoms with van der Waals surface area (Å²) in [6, 6.07) is 4.27. The molecule has 5 heteroatoms. The van der Waals surface area contributed by atoms with Crippen LogP contribution >= 0.6 is 12.4 Å². The minimum atomic E-state index is 0. The second-order valence-electron chi connectivity index (χ2n) is 7.71. The van der Waals surface area contributed by atoms with Gasteiger partial charge >= 0.3 is 0 Å². The Hall–Kier alpha value is -1.10. The van der Waals surface area contributed by atoms with Crippen LogP contribution in [0.1, 0.15) is 48.8 Å². The molecule has 1 amide bonds. The molecule has 1 heterocycles. The number of carbonyl (C=O) groups is 1. The summed E-state index contributed by atoms with van der Waals surface area (Å²) in [4.78, 5) is 15.2. The highest BCUT2D eigenvalue weighted by molar-refractivity contribution is 5.93. The van der Waals surface area contributed by atoms with Crippen LogP contribution in [0, 0.1) is 20.8 Å². The van der Waals surface area contributed by atoms with Gasteiger partial charge in [-0.3, -0.25) is 9.69 Å². The van der Waals surface area contributed by atoms with E-state index < -0.39 is 0 Å². The van der Waals surface area contributed by atoms with E-state index in [4.69, 9.17) is 0 Å². The summed E-state index contributed by atoms with van der Waals surface area (Å²) in [7, 11) is 0. The maximum atomic E-state index is 12.7. The number of carbonyl (C=O) groups excluding carboxylic acids is 1. The van der Waals surface area contributed by atoms with Crippen LogP contribution in [0.4, 0.5) is 5.69 Å². The fourth-order valence-electron chi connectivity index (χ4n) is 4.56. The zero-order valence-corrected chi connectivity index (χ0v) is 16.6. The first kappa shape index (κ1) is 20.2. The lowest BCUT2D eigenvalue weighted by Crippen LogP contribution is -2.63. The number of halogens is 1. The van der Waals surface area contributed by atoms with Gasteiger partial charge in [-0.05, 0) is 44.7 Å². The summed E-state index contributed by atoms with van der Waals surface area (Å²) >= 11 is 0. The van der Waals surface area contributed by atoms with Gasteiger partial charge in [-0.1, -0.05) is 37.0 Å².